The first-order chi connectivity index (χ1) is 9.07. The first kappa shape index (κ1) is 15.9. The van der Waals surface area contributed by atoms with Crippen LogP contribution in [-0.2, 0) is 16.6 Å². The molecule has 0 aliphatic rings. The summed E-state index contributed by atoms with van der Waals surface area (Å²) in [6.07, 6.45) is 0.977. The highest BCUT2D eigenvalue weighted by Gasteiger charge is 2.05. The molecule has 0 spiro atoms. The molecule has 0 unspecified atom stereocenters. The second-order valence-corrected chi connectivity index (χ2v) is 6.24. The Hall–Kier alpha value is -1.11. The molecule has 0 bridgehead atoms. The molecule has 0 fully saturated rings. The Morgan fingerprint density at radius 3 is 2.79 bits per heavy atom. The van der Waals surface area contributed by atoms with Crippen molar-refractivity contribution in [3.8, 4) is 5.75 Å². The number of hydrogen-bond donors (Lipinski definition) is 2. The summed E-state index contributed by atoms with van der Waals surface area (Å²) in [5, 5.41) is 3.10. The largest absolute Gasteiger partial charge is 0.494 e. The Balaban J connectivity index is 2.37. The molecule has 0 saturated carbocycles. The molecule has 5 nitrogen and oxygen atoms in total. The van der Waals surface area contributed by atoms with Crippen LogP contribution in [0.2, 0.25) is 0 Å². The zero-order valence-electron chi connectivity index (χ0n) is 11.5. The molecule has 0 aromatic heterocycles. The van der Waals surface area contributed by atoms with Gasteiger partial charge in [0.2, 0.25) is 10.0 Å². The molecule has 1 aromatic carbocycles. The number of nitrogens with one attached hydrogen (secondary N) is 2. The van der Waals surface area contributed by atoms with Crippen LogP contribution in [0.4, 0.5) is 0 Å². The lowest BCUT2D eigenvalue weighted by atomic mass is 10.2. The first-order valence-corrected chi connectivity index (χ1v) is 8.06. The van der Waals surface area contributed by atoms with Crippen molar-refractivity contribution in [2.75, 3.05) is 26.0 Å². The zero-order chi connectivity index (χ0) is 14.1. The Morgan fingerprint density at radius 2 is 2.11 bits per heavy atom. The van der Waals surface area contributed by atoms with Crippen LogP contribution in [0.1, 0.15) is 18.9 Å². The summed E-state index contributed by atoms with van der Waals surface area (Å²) in [7, 11) is -1.71. The van der Waals surface area contributed by atoms with Gasteiger partial charge in [0, 0.05) is 13.1 Å². The minimum absolute atomic E-state index is 0.0789. The molecule has 0 saturated heterocycles. The lowest BCUT2D eigenvalue weighted by Crippen LogP contribution is -2.29. The lowest BCUT2D eigenvalue weighted by molar-refractivity contribution is 0.317. The van der Waals surface area contributed by atoms with Gasteiger partial charge in [0.05, 0.1) is 12.4 Å². The second-order valence-electron chi connectivity index (χ2n) is 4.20. The molecule has 1 aromatic rings. The third-order valence-corrected chi connectivity index (χ3v) is 3.92. The van der Waals surface area contributed by atoms with Crippen molar-refractivity contribution in [1.82, 2.24) is 10.0 Å². The predicted octanol–water partition coefficient (Wildman–Crippen LogP) is 1.11. The average molecular weight is 286 g/mol. The van der Waals surface area contributed by atoms with Gasteiger partial charge >= 0.3 is 0 Å². The summed E-state index contributed by atoms with van der Waals surface area (Å²) in [5.74, 6) is 0.930. The van der Waals surface area contributed by atoms with Crippen LogP contribution in [0.25, 0.3) is 0 Å². The summed E-state index contributed by atoms with van der Waals surface area (Å²) in [6.45, 7) is 3.82. The molecule has 0 radical (unpaired) electrons. The van der Waals surface area contributed by atoms with E-state index in [0.29, 0.717) is 19.7 Å². The van der Waals surface area contributed by atoms with Crippen molar-refractivity contribution in [3.63, 3.8) is 0 Å². The third kappa shape index (κ3) is 6.56. The third-order valence-electron chi connectivity index (χ3n) is 2.56. The highest BCUT2D eigenvalue weighted by atomic mass is 32.2. The second kappa shape index (κ2) is 8.14. The minimum Gasteiger partial charge on any atom is -0.494 e. The van der Waals surface area contributed by atoms with Crippen molar-refractivity contribution in [2.45, 2.75) is 19.9 Å². The van der Waals surface area contributed by atoms with Gasteiger partial charge in [-0.3, -0.25) is 0 Å². The Kier molecular flexibility index (Phi) is 6.83. The lowest BCUT2D eigenvalue weighted by Gasteiger charge is -2.08. The van der Waals surface area contributed by atoms with Crippen molar-refractivity contribution in [2.24, 2.45) is 0 Å². The minimum atomic E-state index is -3.13. The summed E-state index contributed by atoms with van der Waals surface area (Å²) >= 11 is 0. The van der Waals surface area contributed by atoms with E-state index in [1.807, 2.05) is 24.3 Å². The summed E-state index contributed by atoms with van der Waals surface area (Å²) < 4.78 is 30.2. The van der Waals surface area contributed by atoms with Crippen LogP contribution in [-0.4, -0.2) is 34.4 Å². The SMILES string of the molecule is CCCOc1cccc(CNCCS(=O)(=O)NC)c1. The molecule has 0 aliphatic carbocycles. The van der Waals surface area contributed by atoms with Gasteiger partial charge in [-0.05, 0) is 31.2 Å². The highest BCUT2D eigenvalue weighted by molar-refractivity contribution is 7.89. The van der Waals surface area contributed by atoms with E-state index in [-0.39, 0.29) is 5.75 Å². The summed E-state index contributed by atoms with van der Waals surface area (Å²) in [4.78, 5) is 0. The molecule has 108 valence electrons. The monoisotopic (exact) mass is 286 g/mol. The van der Waals surface area contributed by atoms with E-state index >= 15 is 0 Å². The molecular weight excluding hydrogens is 264 g/mol. The van der Waals surface area contributed by atoms with Gasteiger partial charge < -0.3 is 10.1 Å². The normalized spacial score (nSPS) is 11.5. The van der Waals surface area contributed by atoms with Crippen LogP contribution in [0, 0.1) is 0 Å². The maximum atomic E-state index is 11.2. The van der Waals surface area contributed by atoms with Gasteiger partial charge in [-0.15, -0.1) is 0 Å². The van der Waals surface area contributed by atoms with E-state index in [4.69, 9.17) is 4.74 Å². The predicted molar refractivity (Wildman–Crippen MR) is 76.8 cm³/mol. The van der Waals surface area contributed by atoms with Crippen molar-refractivity contribution >= 4 is 10.0 Å². The molecule has 0 heterocycles. The van der Waals surface area contributed by atoms with Crippen LogP contribution < -0.4 is 14.8 Å². The van der Waals surface area contributed by atoms with Gasteiger partial charge in [-0.1, -0.05) is 19.1 Å². The molecule has 0 atom stereocenters. The molecule has 2 N–H and O–H groups in total. The Morgan fingerprint density at radius 1 is 1.32 bits per heavy atom. The maximum Gasteiger partial charge on any atom is 0.212 e. The van der Waals surface area contributed by atoms with Crippen LogP contribution >= 0.6 is 0 Å². The number of ether oxygens (including phenoxy) is 1. The fraction of sp³-hybridized carbons (Fsp3) is 0.538. The number of benzene rings is 1. The van der Waals surface area contributed by atoms with E-state index in [9.17, 15) is 8.42 Å². The van der Waals surface area contributed by atoms with Crippen molar-refractivity contribution < 1.29 is 13.2 Å². The van der Waals surface area contributed by atoms with Crippen molar-refractivity contribution in [1.29, 1.82) is 0 Å². The van der Waals surface area contributed by atoms with Crippen molar-refractivity contribution in [3.05, 3.63) is 29.8 Å². The standard InChI is InChI=1S/C13H22N2O3S/c1-3-8-18-13-6-4-5-12(10-13)11-15-7-9-19(16,17)14-2/h4-6,10,14-15H,3,7-9,11H2,1-2H3. The number of sulfonamides is 1. The smallest absolute Gasteiger partial charge is 0.212 e. The van der Waals surface area contributed by atoms with E-state index in [1.54, 1.807) is 0 Å². The molecular formula is C13H22N2O3S. The summed E-state index contributed by atoms with van der Waals surface area (Å²) in [6, 6.07) is 7.81. The maximum absolute atomic E-state index is 11.2. The van der Waals surface area contributed by atoms with Crippen LogP contribution in [0.15, 0.2) is 24.3 Å². The van der Waals surface area contributed by atoms with E-state index < -0.39 is 10.0 Å². The topological polar surface area (TPSA) is 67.4 Å². The summed E-state index contributed by atoms with van der Waals surface area (Å²) in [5.41, 5.74) is 1.08. The highest BCUT2D eigenvalue weighted by Crippen LogP contribution is 2.13. The van der Waals surface area contributed by atoms with Crippen LogP contribution in [0.3, 0.4) is 0 Å². The van der Waals surface area contributed by atoms with Gasteiger partial charge in [0.15, 0.2) is 0 Å². The molecule has 19 heavy (non-hydrogen) atoms. The molecule has 0 aliphatic heterocycles. The molecule has 1 rings (SSSR count). The molecule has 0 amide bonds. The fourth-order valence-electron chi connectivity index (χ4n) is 1.51. The zero-order valence-corrected chi connectivity index (χ0v) is 12.3. The van der Waals surface area contributed by atoms with E-state index in [1.165, 1.54) is 7.05 Å². The quantitative estimate of drug-likeness (QED) is 0.667. The van der Waals surface area contributed by atoms with Gasteiger partial charge in [-0.2, -0.15) is 0 Å². The molecule has 6 heteroatoms. The van der Waals surface area contributed by atoms with Crippen LogP contribution in [0.5, 0.6) is 5.75 Å². The van der Waals surface area contributed by atoms with Gasteiger partial charge in [-0.25, -0.2) is 13.1 Å². The van der Waals surface area contributed by atoms with E-state index in [2.05, 4.69) is 17.0 Å². The van der Waals surface area contributed by atoms with E-state index in [0.717, 1.165) is 17.7 Å². The van der Waals surface area contributed by atoms with Gasteiger partial charge in [0.1, 0.15) is 5.75 Å². The average Bonchev–Trinajstić information content (AvgIpc) is 2.42. The fourth-order valence-corrected chi connectivity index (χ4v) is 2.12. The van der Waals surface area contributed by atoms with Gasteiger partial charge in [0.25, 0.3) is 0 Å². The Labute approximate surface area is 115 Å². The number of rotatable bonds is 9. The number of hydrogen-bond acceptors (Lipinski definition) is 4. The first-order valence-electron chi connectivity index (χ1n) is 6.41. The Bertz CT molecular complexity index is 475.